The molecule has 0 aliphatic heterocycles. The molecule has 7 heteroatoms. The third kappa shape index (κ3) is 5.47. The Kier molecular flexibility index (Phi) is 6.49. The summed E-state index contributed by atoms with van der Waals surface area (Å²) in [5, 5.41) is 6.57. The van der Waals surface area contributed by atoms with E-state index in [2.05, 4.69) is 30.5 Å². The van der Waals surface area contributed by atoms with Crippen LogP contribution in [0, 0.1) is 12.7 Å². The number of nitrogens with one attached hydrogen (secondary N) is 2. The van der Waals surface area contributed by atoms with E-state index in [-0.39, 0.29) is 5.82 Å². The van der Waals surface area contributed by atoms with Gasteiger partial charge in [0, 0.05) is 36.3 Å². The molecule has 28 heavy (non-hydrogen) atoms. The highest BCUT2D eigenvalue weighted by molar-refractivity contribution is 5.68. The molecule has 0 radical (unpaired) electrons. The molecule has 0 saturated heterocycles. The number of halogens is 1. The lowest BCUT2D eigenvalue weighted by atomic mass is 10.1. The van der Waals surface area contributed by atoms with Gasteiger partial charge >= 0.3 is 0 Å². The van der Waals surface area contributed by atoms with Gasteiger partial charge in [0.25, 0.3) is 0 Å². The first-order valence-corrected chi connectivity index (χ1v) is 9.22. The van der Waals surface area contributed by atoms with Crippen molar-refractivity contribution in [2.75, 3.05) is 37.8 Å². The molecule has 3 aromatic rings. The number of rotatable bonds is 8. The average Bonchev–Trinajstić information content (AvgIpc) is 2.68. The van der Waals surface area contributed by atoms with E-state index >= 15 is 0 Å². The van der Waals surface area contributed by atoms with Crippen LogP contribution in [0.4, 0.5) is 21.8 Å². The number of hydrogen-bond acceptors (Lipinski definition) is 6. The van der Waals surface area contributed by atoms with E-state index in [4.69, 9.17) is 0 Å². The first kappa shape index (κ1) is 19.7. The molecular weight excluding hydrogens is 355 g/mol. The fourth-order valence-corrected chi connectivity index (χ4v) is 2.76. The van der Waals surface area contributed by atoms with E-state index in [9.17, 15) is 4.39 Å². The zero-order valence-corrected chi connectivity index (χ0v) is 16.4. The molecule has 0 aliphatic carbocycles. The van der Waals surface area contributed by atoms with E-state index in [1.807, 2.05) is 39.2 Å². The van der Waals surface area contributed by atoms with E-state index in [0.29, 0.717) is 11.8 Å². The highest BCUT2D eigenvalue weighted by atomic mass is 19.1. The molecule has 2 aromatic heterocycles. The predicted molar refractivity (Wildman–Crippen MR) is 111 cm³/mol. The Morgan fingerprint density at radius 2 is 1.82 bits per heavy atom. The molecule has 0 spiro atoms. The van der Waals surface area contributed by atoms with Crippen LogP contribution in [0.3, 0.4) is 0 Å². The summed E-state index contributed by atoms with van der Waals surface area (Å²) in [6.07, 6.45) is 4.45. The number of aryl methyl sites for hydroxylation is 1. The summed E-state index contributed by atoms with van der Waals surface area (Å²) in [7, 11) is 4.10. The van der Waals surface area contributed by atoms with Gasteiger partial charge in [0.05, 0.1) is 5.69 Å². The standard InChI is InChI=1S/C21H25FN6/c1-15-13-17(22)5-6-18(15)25-20-14-19(16-7-10-23-11-8-16)26-21(27-20)24-9-4-12-28(2)3/h5-8,10-11,13-14H,4,9,12H2,1-3H3,(H2,24,25,26,27). The maximum Gasteiger partial charge on any atom is 0.225 e. The van der Waals surface area contributed by atoms with E-state index < -0.39 is 0 Å². The first-order chi connectivity index (χ1) is 13.5. The van der Waals surface area contributed by atoms with Gasteiger partial charge in [-0.25, -0.2) is 9.37 Å². The van der Waals surface area contributed by atoms with Crippen molar-refractivity contribution in [3.05, 3.63) is 60.2 Å². The quantitative estimate of drug-likeness (QED) is 0.574. The summed E-state index contributed by atoms with van der Waals surface area (Å²) < 4.78 is 13.4. The molecule has 0 unspecified atom stereocenters. The minimum absolute atomic E-state index is 0.258. The van der Waals surface area contributed by atoms with Crippen LogP contribution in [0.2, 0.25) is 0 Å². The molecule has 0 atom stereocenters. The molecule has 0 saturated carbocycles. The van der Waals surface area contributed by atoms with Gasteiger partial charge in [0.2, 0.25) is 5.95 Å². The van der Waals surface area contributed by atoms with E-state index in [0.717, 1.165) is 42.0 Å². The van der Waals surface area contributed by atoms with Crippen molar-refractivity contribution in [1.29, 1.82) is 0 Å². The largest absolute Gasteiger partial charge is 0.354 e. The van der Waals surface area contributed by atoms with Crippen molar-refractivity contribution in [1.82, 2.24) is 19.9 Å². The molecular formula is C21H25FN6. The van der Waals surface area contributed by atoms with Crippen molar-refractivity contribution in [3.8, 4) is 11.3 Å². The maximum atomic E-state index is 13.4. The fourth-order valence-electron chi connectivity index (χ4n) is 2.76. The van der Waals surface area contributed by atoms with Crippen molar-refractivity contribution in [2.24, 2.45) is 0 Å². The fraction of sp³-hybridized carbons (Fsp3) is 0.286. The second-order valence-electron chi connectivity index (χ2n) is 6.87. The lowest BCUT2D eigenvalue weighted by Crippen LogP contribution is -2.17. The lowest BCUT2D eigenvalue weighted by Gasteiger charge is -2.14. The number of aromatic nitrogens is 3. The summed E-state index contributed by atoms with van der Waals surface area (Å²) in [5.41, 5.74) is 3.35. The number of pyridine rings is 1. The minimum atomic E-state index is -0.258. The van der Waals surface area contributed by atoms with Gasteiger partial charge < -0.3 is 15.5 Å². The summed E-state index contributed by atoms with van der Waals surface area (Å²) in [5.74, 6) is 0.938. The van der Waals surface area contributed by atoms with Gasteiger partial charge in [-0.1, -0.05) is 0 Å². The molecule has 2 N–H and O–H groups in total. The summed E-state index contributed by atoms with van der Waals surface area (Å²) >= 11 is 0. The van der Waals surface area contributed by atoms with E-state index in [1.54, 1.807) is 18.5 Å². The predicted octanol–water partition coefficient (Wildman–Crippen LogP) is 4.09. The molecule has 0 aliphatic rings. The Balaban J connectivity index is 1.86. The van der Waals surface area contributed by atoms with Crippen molar-refractivity contribution in [2.45, 2.75) is 13.3 Å². The summed E-state index contributed by atoms with van der Waals surface area (Å²) in [4.78, 5) is 15.4. The van der Waals surface area contributed by atoms with Crippen LogP contribution in [0.1, 0.15) is 12.0 Å². The Morgan fingerprint density at radius 3 is 2.54 bits per heavy atom. The van der Waals surface area contributed by atoms with Crippen LogP contribution >= 0.6 is 0 Å². The average molecular weight is 380 g/mol. The monoisotopic (exact) mass is 380 g/mol. The molecule has 0 fully saturated rings. The van der Waals surface area contributed by atoms with Gasteiger partial charge in [0.15, 0.2) is 0 Å². The third-order valence-electron chi connectivity index (χ3n) is 4.22. The first-order valence-electron chi connectivity index (χ1n) is 9.22. The maximum absolute atomic E-state index is 13.4. The van der Waals surface area contributed by atoms with Crippen LogP contribution in [0.15, 0.2) is 48.8 Å². The Hall–Kier alpha value is -3.06. The second-order valence-corrected chi connectivity index (χ2v) is 6.87. The zero-order valence-electron chi connectivity index (χ0n) is 16.4. The highest BCUT2D eigenvalue weighted by Crippen LogP contribution is 2.25. The second kappa shape index (κ2) is 9.23. The van der Waals surface area contributed by atoms with Crippen LogP contribution in [0.5, 0.6) is 0 Å². The summed E-state index contributed by atoms with van der Waals surface area (Å²) in [6.45, 7) is 3.61. The Morgan fingerprint density at radius 1 is 1.04 bits per heavy atom. The Labute approximate surface area is 164 Å². The SMILES string of the molecule is Cc1cc(F)ccc1Nc1cc(-c2ccncc2)nc(NCCCN(C)C)n1. The zero-order chi connectivity index (χ0) is 19.9. The number of nitrogens with zero attached hydrogens (tertiary/aromatic N) is 4. The molecule has 3 rings (SSSR count). The molecule has 146 valence electrons. The van der Waals surface area contributed by atoms with Gasteiger partial charge in [-0.05, 0) is 69.9 Å². The molecule has 6 nitrogen and oxygen atoms in total. The van der Waals surface area contributed by atoms with Crippen molar-refractivity contribution in [3.63, 3.8) is 0 Å². The summed E-state index contributed by atoms with van der Waals surface area (Å²) in [6, 6.07) is 10.3. The molecule has 1 aromatic carbocycles. The highest BCUT2D eigenvalue weighted by Gasteiger charge is 2.09. The topological polar surface area (TPSA) is 66.0 Å². The van der Waals surface area contributed by atoms with Crippen LogP contribution in [0.25, 0.3) is 11.3 Å². The third-order valence-corrected chi connectivity index (χ3v) is 4.22. The minimum Gasteiger partial charge on any atom is -0.354 e. The smallest absolute Gasteiger partial charge is 0.225 e. The molecule has 2 heterocycles. The normalized spacial score (nSPS) is 10.9. The van der Waals surface area contributed by atoms with Crippen molar-refractivity contribution < 1.29 is 4.39 Å². The number of hydrogen-bond donors (Lipinski definition) is 2. The van der Waals surface area contributed by atoms with Crippen LogP contribution in [-0.2, 0) is 0 Å². The van der Waals surface area contributed by atoms with Crippen molar-refractivity contribution >= 4 is 17.5 Å². The van der Waals surface area contributed by atoms with Crippen LogP contribution < -0.4 is 10.6 Å². The van der Waals surface area contributed by atoms with Gasteiger partial charge in [0.1, 0.15) is 11.6 Å². The lowest BCUT2D eigenvalue weighted by molar-refractivity contribution is 0.405. The van der Waals surface area contributed by atoms with Crippen LogP contribution in [-0.4, -0.2) is 47.0 Å². The van der Waals surface area contributed by atoms with Gasteiger partial charge in [-0.2, -0.15) is 4.98 Å². The molecule has 0 amide bonds. The number of benzene rings is 1. The van der Waals surface area contributed by atoms with E-state index in [1.165, 1.54) is 12.1 Å². The molecule has 0 bridgehead atoms. The Bertz CT molecular complexity index is 914. The number of anilines is 3. The van der Waals surface area contributed by atoms with Gasteiger partial charge in [-0.3, -0.25) is 4.98 Å². The van der Waals surface area contributed by atoms with Gasteiger partial charge in [-0.15, -0.1) is 0 Å².